The van der Waals surface area contributed by atoms with E-state index >= 15 is 0 Å². The predicted octanol–water partition coefficient (Wildman–Crippen LogP) is 4.01. The van der Waals surface area contributed by atoms with Gasteiger partial charge in [0.05, 0.1) is 11.3 Å². The quantitative estimate of drug-likeness (QED) is 0.716. The van der Waals surface area contributed by atoms with Gasteiger partial charge in [-0.1, -0.05) is 24.3 Å². The molecule has 0 saturated carbocycles. The van der Waals surface area contributed by atoms with Crippen molar-refractivity contribution >= 4 is 17.7 Å². The first-order valence-electron chi connectivity index (χ1n) is 9.96. The summed E-state index contributed by atoms with van der Waals surface area (Å²) in [6.07, 6.45) is 9.75. The average molecular weight is 375 g/mol. The Labute approximate surface area is 165 Å². The SMILES string of the molecule is O=C1N=CC(CCCCN2CC=C(c3ccccn3)CC2)Oc2ccccc21. The highest BCUT2D eigenvalue weighted by atomic mass is 16.5. The minimum Gasteiger partial charge on any atom is -0.484 e. The molecule has 0 aliphatic carbocycles. The van der Waals surface area contributed by atoms with Crippen LogP contribution in [0.2, 0.25) is 0 Å². The molecule has 3 heterocycles. The van der Waals surface area contributed by atoms with Crippen molar-refractivity contribution in [1.29, 1.82) is 0 Å². The third-order valence-corrected chi connectivity index (χ3v) is 5.25. The molecular weight excluding hydrogens is 350 g/mol. The molecule has 2 aliphatic heterocycles. The van der Waals surface area contributed by atoms with Crippen LogP contribution in [0.1, 0.15) is 41.7 Å². The summed E-state index contributed by atoms with van der Waals surface area (Å²) in [7, 11) is 0. The fourth-order valence-electron chi connectivity index (χ4n) is 3.67. The minimum absolute atomic E-state index is 0.135. The van der Waals surface area contributed by atoms with Gasteiger partial charge in [0, 0.05) is 25.5 Å². The van der Waals surface area contributed by atoms with Crippen molar-refractivity contribution in [1.82, 2.24) is 9.88 Å². The van der Waals surface area contributed by atoms with Crippen LogP contribution >= 0.6 is 0 Å². The van der Waals surface area contributed by atoms with Crippen LogP contribution in [0.4, 0.5) is 0 Å². The van der Waals surface area contributed by atoms with E-state index in [0.29, 0.717) is 11.3 Å². The molecule has 0 saturated heterocycles. The summed E-state index contributed by atoms with van der Waals surface area (Å²) in [5, 5.41) is 0. The molecule has 0 radical (unpaired) electrons. The molecule has 1 aromatic heterocycles. The number of ether oxygens (including phenoxy) is 1. The first-order valence-corrected chi connectivity index (χ1v) is 9.96. The van der Waals surface area contributed by atoms with Crippen LogP contribution in [0, 0.1) is 0 Å². The summed E-state index contributed by atoms with van der Waals surface area (Å²) in [5.41, 5.74) is 3.00. The summed E-state index contributed by atoms with van der Waals surface area (Å²) in [6, 6.07) is 13.4. The summed E-state index contributed by atoms with van der Waals surface area (Å²) in [6.45, 7) is 3.13. The highest BCUT2D eigenvalue weighted by Gasteiger charge is 2.19. The van der Waals surface area contributed by atoms with Crippen LogP contribution < -0.4 is 4.74 Å². The number of pyridine rings is 1. The number of hydrogen-bond donors (Lipinski definition) is 0. The van der Waals surface area contributed by atoms with Crippen molar-refractivity contribution in [3.05, 3.63) is 66.0 Å². The van der Waals surface area contributed by atoms with E-state index in [1.165, 1.54) is 5.57 Å². The molecule has 2 aromatic rings. The van der Waals surface area contributed by atoms with Crippen LogP contribution in [0.5, 0.6) is 5.75 Å². The first kappa shape index (κ1) is 18.6. The molecule has 1 aromatic carbocycles. The number of nitrogens with zero attached hydrogens (tertiary/aromatic N) is 3. The van der Waals surface area contributed by atoms with Gasteiger partial charge in [-0.25, -0.2) is 4.99 Å². The van der Waals surface area contributed by atoms with Crippen molar-refractivity contribution in [3.8, 4) is 5.75 Å². The second kappa shape index (κ2) is 8.93. The maximum absolute atomic E-state index is 12.0. The Morgan fingerprint density at radius 3 is 2.82 bits per heavy atom. The van der Waals surface area contributed by atoms with Crippen molar-refractivity contribution in [2.45, 2.75) is 31.8 Å². The Morgan fingerprint density at radius 2 is 2.00 bits per heavy atom. The van der Waals surface area contributed by atoms with E-state index in [0.717, 1.165) is 51.0 Å². The smallest absolute Gasteiger partial charge is 0.280 e. The number of para-hydroxylation sites is 1. The third-order valence-electron chi connectivity index (χ3n) is 5.25. The Bertz CT molecular complexity index is 876. The highest BCUT2D eigenvalue weighted by Crippen LogP contribution is 2.24. The maximum atomic E-state index is 12.0. The Balaban J connectivity index is 1.22. The molecule has 5 nitrogen and oxygen atoms in total. The lowest BCUT2D eigenvalue weighted by Crippen LogP contribution is -2.29. The number of benzene rings is 1. The zero-order valence-corrected chi connectivity index (χ0v) is 16.0. The standard InChI is InChI=1S/C23H25N3O2/c27-23-20-8-1-2-10-22(20)28-19(17-25-23)7-4-6-14-26-15-11-18(12-16-26)21-9-3-5-13-24-21/h1-3,5,8-11,13,17,19H,4,6-7,12,14-16H2. The number of aliphatic imine (C=N–C) groups is 1. The zero-order chi connectivity index (χ0) is 19.2. The molecule has 0 N–H and O–H groups in total. The number of aromatic nitrogens is 1. The van der Waals surface area contributed by atoms with Gasteiger partial charge in [-0.15, -0.1) is 0 Å². The number of unbranched alkanes of at least 4 members (excludes halogenated alkanes) is 1. The summed E-state index contributed by atoms with van der Waals surface area (Å²) >= 11 is 0. The number of hydrogen-bond acceptors (Lipinski definition) is 4. The van der Waals surface area contributed by atoms with Crippen molar-refractivity contribution < 1.29 is 9.53 Å². The number of carbonyl (C=O) groups is 1. The van der Waals surface area contributed by atoms with E-state index in [9.17, 15) is 4.79 Å². The molecule has 0 spiro atoms. The first-order chi connectivity index (χ1) is 13.8. The molecule has 0 fully saturated rings. The van der Waals surface area contributed by atoms with Crippen molar-refractivity contribution in [2.75, 3.05) is 19.6 Å². The monoisotopic (exact) mass is 375 g/mol. The third kappa shape index (κ3) is 4.54. The van der Waals surface area contributed by atoms with Gasteiger partial charge in [-0.2, -0.15) is 0 Å². The van der Waals surface area contributed by atoms with Crippen molar-refractivity contribution in [3.63, 3.8) is 0 Å². The van der Waals surface area contributed by atoms with Crippen molar-refractivity contribution in [2.24, 2.45) is 4.99 Å². The number of rotatable bonds is 6. The molecule has 1 amide bonds. The Kier molecular flexibility index (Phi) is 5.92. The predicted molar refractivity (Wildman–Crippen MR) is 111 cm³/mol. The van der Waals surface area contributed by atoms with Gasteiger partial charge in [0.15, 0.2) is 0 Å². The molecule has 0 bridgehead atoms. The lowest BCUT2D eigenvalue weighted by Gasteiger charge is -2.26. The molecule has 4 rings (SSSR count). The molecular formula is C23H25N3O2. The van der Waals surface area contributed by atoms with E-state index in [-0.39, 0.29) is 12.0 Å². The van der Waals surface area contributed by atoms with Gasteiger partial charge in [-0.05, 0) is 62.1 Å². The maximum Gasteiger partial charge on any atom is 0.280 e. The Hall–Kier alpha value is -2.79. The largest absolute Gasteiger partial charge is 0.484 e. The van der Waals surface area contributed by atoms with Gasteiger partial charge in [0.25, 0.3) is 5.91 Å². The lowest BCUT2D eigenvalue weighted by atomic mass is 10.0. The fraction of sp³-hybridized carbons (Fsp3) is 0.348. The second-order valence-corrected chi connectivity index (χ2v) is 7.23. The number of carbonyl (C=O) groups excluding carboxylic acids is 1. The van der Waals surface area contributed by atoms with Crippen LogP contribution in [0.3, 0.4) is 0 Å². The van der Waals surface area contributed by atoms with Gasteiger partial charge in [-0.3, -0.25) is 14.7 Å². The Morgan fingerprint density at radius 1 is 1.11 bits per heavy atom. The van der Waals surface area contributed by atoms with Crippen LogP contribution in [0.15, 0.2) is 59.7 Å². The van der Waals surface area contributed by atoms with E-state index in [1.807, 2.05) is 36.5 Å². The molecule has 28 heavy (non-hydrogen) atoms. The molecule has 144 valence electrons. The van der Waals surface area contributed by atoms with Crippen LogP contribution in [-0.2, 0) is 0 Å². The van der Waals surface area contributed by atoms with Gasteiger partial charge in [0.2, 0.25) is 0 Å². The average Bonchev–Trinajstić information content (AvgIpc) is 2.91. The van der Waals surface area contributed by atoms with Crippen LogP contribution in [-0.4, -0.2) is 47.7 Å². The van der Waals surface area contributed by atoms with Crippen LogP contribution in [0.25, 0.3) is 5.57 Å². The minimum atomic E-state index is -0.220. The lowest BCUT2D eigenvalue weighted by molar-refractivity contribution is 0.100. The van der Waals surface area contributed by atoms with E-state index in [2.05, 4.69) is 27.0 Å². The van der Waals surface area contributed by atoms with Gasteiger partial charge in [0.1, 0.15) is 11.9 Å². The second-order valence-electron chi connectivity index (χ2n) is 7.23. The van der Waals surface area contributed by atoms with E-state index in [4.69, 9.17) is 4.74 Å². The molecule has 1 atom stereocenters. The van der Waals surface area contributed by atoms with E-state index in [1.54, 1.807) is 12.3 Å². The molecule has 5 heteroatoms. The number of fused-ring (bicyclic) bond motifs is 1. The summed E-state index contributed by atoms with van der Waals surface area (Å²) in [5.74, 6) is 0.417. The summed E-state index contributed by atoms with van der Waals surface area (Å²) in [4.78, 5) is 23.0. The fourth-order valence-corrected chi connectivity index (χ4v) is 3.67. The van der Waals surface area contributed by atoms with Gasteiger partial charge >= 0.3 is 0 Å². The number of amides is 1. The molecule has 1 unspecified atom stereocenters. The summed E-state index contributed by atoms with van der Waals surface area (Å²) < 4.78 is 5.98. The topological polar surface area (TPSA) is 54.8 Å². The van der Waals surface area contributed by atoms with E-state index < -0.39 is 0 Å². The van der Waals surface area contributed by atoms with Gasteiger partial charge < -0.3 is 4.74 Å². The molecule has 2 aliphatic rings. The normalized spacial score (nSPS) is 19.5. The highest BCUT2D eigenvalue weighted by molar-refractivity contribution is 6.02. The zero-order valence-electron chi connectivity index (χ0n) is 16.0.